The molecule has 0 radical (unpaired) electrons. The van der Waals surface area contributed by atoms with E-state index in [2.05, 4.69) is 12.1 Å². The molecule has 1 heterocycles. The highest BCUT2D eigenvalue weighted by Crippen LogP contribution is 2.29. The van der Waals surface area contributed by atoms with Gasteiger partial charge in [0.1, 0.15) is 0 Å². The van der Waals surface area contributed by atoms with Crippen LogP contribution in [-0.4, -0.2) is 6.10 Å². The fourth-order valence-electron chi connectivity index (χ4n) is 1.74. The maximum atomic E-state index is 8.88. The largest absolute Gasteiger partial charge is 0.355 e. The van der Waals surface area contributed by atoms with Crippen LogP contribution >= 0.6 is 0 Å². The molecule has 2 heteroatoms. The van der Waals surface area contributed by atoms with Crippen molar-refractivity contribution in [2.24, 2.45) is 0 Å². The van der Waals surface area contributed by atoms with Crippen LogP contribution in [-0.2, 0) is 11.2 Å². The van der Waals surface area contributed by atoms with Crippen LogP contribution in [0.3, 0.4) is 0 Å². The third kappa shape index (κ3) is 1.43. The van der Waals surface area contributed by atoms with Crippen LogP contribution in [0, 0.1) is 11.3 Å². The zero-order valence-electron chi connectivity index (χ0n) is 7.53. The van der Waals surface area contributed by atoms with E-state index in [0.29, 0.717) is 0 Å². The number of benzene rings is 1. The SMILES string of the molecule is C[C@H]1Cc2ccccc2[C@H](C#N)O1. The van der Waals surface area contributed by atoms with Gasteiger partial charge in [-0.05, 0) is 24.5 Å². The van der Waals surface area contributed by atoms with E-state index in [4.69, 9.17) is 10.00 Å². The van der Waals surface area contributed by atoms with E-state index in [-0.39, 0.29) is 12.2 Å². The second-order valence-corrected chi connectivity index (χ2v) is 3.36. The summed E-state index contributed by atoms with van der Waals surface area (Å²) in [6.45, 7) is 2.00. The van der Waals surface area contributed by atoms with Gasteiger partial charge >= 0.3 is 0 Å². The van der Waals surface area contributed by atoms with E-state index >= 15 is 0 Å². The zero-order valence-corrected chi connectivity index (χ0v) is 7.53. The van der Waals surface area contributed by atoms with E-state index in [1.807, 2.05) is 25.1 Å². The van der Waals surface area contributed by atoms with E-state index in [9.17, 15) is 0 Å². The van der Waals surface area contributed by atoms with Gasteiger partial charge in [-0.1, -0.05) is 24.3 Å². The van der Waals surface area contributed by atoms with Gasteiger partial charge in [0.25, 0.3) is 0 Å². The van der Waals surface area contributed by atoms with Crippen LogP contribution in [0.1, 0.15) is 24.2 Å². The lowest BCUT2D eigenvalue weighted by atomic mass is 9.95. The molecule has 1 aliphatic rings. The summed E-state index contributed by atoms with van der Waals surface area (Å²) in [5.41, 5.74) is 2.27. The number of hydrogen-bond acceptors (Lipinski definition) is 2. The molecule has 0 unspecified atom stereocenters. The van der Waals surface area contributed by atoms with Crippen molar-refractivity contribution >= 4 is 0 Å². The molecule has 1 aliphatic heterocycles. The van der Waals surface area contributed by atoms with E-state index in [0.717, 1.165) is 12.0 Å². The topological polar surface area (TPSA) is 33.0 Å². The molecule has 0 bridgehead atoms. The maximum absolute atomic E-state index is 8.88. The molecule has 0 fully saturated rings. The molecule has 2 nitrogen and oxygen atoms in total. The summed E-state index contributed by atoms with van der Waals surface area (Å²) in [5.74, 6) is 0. The van der Waals surface area contributed by atoms with Gasteiger partial charge < -0.3 is 4.74 Å². The fourth-order valence-corrected chi connectivity index (χ4v) is 1.74. The molecule has 2 atom stereocenters. The Hall–Kier alpha value is -1.33. The first kappa shape index (κ1) is 8.28. The van der Waals surface area contributed by atoms with Crippen LogP contribution in [0.4, 0.5) is 0 Å². The molecule has 13 heavy (non-hydrogen) atoms. The summed E-state index contributed by atoms with van der Waals surface area (Å²) in [5, 5.41) is 8.88. The summed E-state index contributed by atoms with van der Waals surface area (Å²) in [6, 6.07) is 10.2. The lowest BCUT2D eigenvalue weighted by Gasteiger charge is -2.26. The van der Waals surface area contributed by atoms with Crippen LogP contribution in [0.15, 0.2) is 24.3 Å². The lowest BCUT2D eigenvalue weighted by Crippen LogP contribution is -2.22. The van der Waals surface area contributed by atoms with E-state index < -0.39 is 0 Å². The number of rotatable bonds is 0. The van der Waals surface area contributed by atoms with Crippen molar-refractivity contribution in [3.8, 4) is 6.07 Å². The van der Waals surface area contributed by atoms with Gasteiger partial charge in [-0.3, -0.25) is 0 Å². The molecule has 2 rings (SSSR count). The highest BCUT2D eigenvalue weighted by Gasteiger charge is 2.23. The van der Waals surface area contributed by atoms with Crippen LogP contribution in [0.2, 0.25) is 0 Å². The van der Waals surface area contributed by atoms with Crippen LogP contribution < -0.4 is 0 Å². The summed E-state index contributed by atoms with van der Waals surface area (Å²) < 4.78 is 5.50. The first-order valence-corrected chi connectivity index (χ1v) is 4.44. The molecule has 0 saturated heterocycles. The average Bonchev–Trinajstić information content (AvgIpc) is 2.16. The number of nitriles is 1. The number of hydrogen-bond donors (Lipinski definition) is 0. The standard InChI is InChI=1S/C11H11NO/c1-8-6-9-4-2-3-5-10(9)11(7-12)13-8/h2-5,8,11H,6H2,1H3/t8-,11-/m0/s1. The van der Waals surface area contributed by atoms with Crippen molar-refractivity contribution in [2.75, 3.05) is 0 Å². The minimum Gasteiger partial charge on any atom is -0.355 e. The Bertz CT molecular complexity index is 353. The minimum atomic E-state index is -0.375. The summed E-state index contributed by atoms with van der Waals surface area (Å²) in [6.07, 6.45) is 0.688. The minimum absolute atomic E-state index is 0.152. The number of ether oxygens (including phenoxy) is 1. The third-order valence-corrected chi connectivity index (χ3v) is 2.33. The van der Waals surface area contributed by atoms with Crippen molar-refractivity contribution in [1.29, 1.82) is 5.26 Å². The van der Waals surface area contributed by atoms with Crippen LogP contribution in [0.25, 0.3) is 0 Å². The zero-order chi connectivity index (χ0) is 9.26. The molecule has 1 aromatic carbocycles. The molecule has 1 aromatic rings. The quantitative estimate of drug-likeness (QED) is 0.602. The van der Waals surface area contributed by atoms with Gasteiger partial charge in [0.15, 0.2) is 6.10 Å². The Labute approximate surface area is 77.8 Å². The van der Waals surface area contributed by atoms with Gasteiger partial charge in [-0.25, -0.2) is 0 Å². The Morgan fingerprint density at radius 1 is 1.46 bits per heavy atom. The summed E-state index contributed by atoms with van der Waals surface area (Å²) >= 11 is 0. The highest BCUT2D eigenvalue weighted by atomic mass is 16.5. The summed E-state index contributed by atoms with van der Waals surface area (Å²) in [4.78, 5) is 0. The fraction of sp³-hybridized carbons (Fsp3) is 0.364. The second kappa shape index (κ2) is 3.20. The molecule has 0 saturated carbocycles. The van der Waals surface area contributed by atoms with Crippen LogP contribution in [0.5, 0.6) is 0 Å². The number of nitrogens with zero attached hydrogens (tertiary/aromatic N) is 1. The molecule has 0 N–H and O–H groups in total. The Kier molecular flexibility index (Phi) is 2.03. The molecule has 0 aromatic heterocycles. The van der Waals surface area contributed by atoms with E-state index in [1.54, 1.807) is 0 Å². The van der Waals surface area contributed by atoms with Crippen molar-refractivity contribution < 1.29 is 4.74 Å². The first-order valence-electron chi connectivity index (χ1n) is 4.44. The smallest absolute Gasteiger partial charge is 0.169 e. The Balaban J connectivity index is 2.44. The predicted molar refractivity (Wildman–Crippen MR) is 49.0 cm³/mol. The second-order valence-electron chi connectivity index (χ2n) is 3.36. The van der Waals surface area contributed by atoms with Gasteiger partial charge in [0, 0.05) is 0 Å². The molecular formula is C11H11NO. The summed E-state index contributed by atoms with van der Waals surface area (Å²) in [7, 11) is 0. The number of fused-ring (bicyclic) bond motifs is 1. The highest BCUT2D eigenvalue weighted by molar-refractivity contribution is 5.34. The Morgan fingerprint density at radius 2 is 2.23 bits per heavy atom. The van der Waals surface area contributed by atoms with Gasteiger partial charge in [0.2, 0.25) is 0 Å². The van der Waals surface area contributed by atoms with Gasteiger partial charge in [0.05, 0.1) is 12.2 Å². The Morgan fingerprint density at radius 3 is 3.00 bits per heavy atom. The predicted octanol–water partition coefficient (Wildman–Crippen LogP) is 2.21. The molecule has 66 valence electrons. The van der Waals surface area contributed by atoms with Gasteiger partial charge in [-0.15, -0.1) is 0 Å². The molecular weight excluding hydrogens is 162 g/mol. The van der Waals surface area contributed by atoms with Crippen molar-refractivity contribution in [3.05, 3.63) is 35.4 Å². The normalized spacial score (nSPS) is 26.2. The lowest BCUT2D eigenvalue weighted by molar-refractivity contribution is 0.0156. The first-order chi connectivity index (χ1) is 6.31. The van der Waals surface area contributed by atoms with Crippen molar-refractivity contribution in [1.82, 2.24) is 0 Å². The van der Waals surface area contributed by atoms with Crippen molar-refractivity contribution in [2.45, 2.75) is 25.6 Å². The van der Waals surface area contributed by atoms with Gasteiger partial charge in [-0.2, -0.15) is 5.26 Å². The molecule has 0 aliphatic carbocycles. The monoisotopic (exact) mass is 173 g/mol. The van der Waals surface area contributed by atoms with Crippen molar-refractivity contribution in [3.63, 3.8) is 0 Å². The van der Waals surface area contributed by atoms with E-state index in [1.165, 1.54) is 5.56 Å². The molecule has 0 amide bonds. The molecule has 0 spiro atoms. The third-order valence-electron chi connectivity index (χ3n) is 2.33. The average molecular weight is 173 g/mol. The maximum Gasteiger partial charge on any atom is 0.169 e.